The second kappa shape index (κ2) is 10.8. The summed E-state index contributed by atoms with van der Waals surface area (Å²) >= 11 is 6.18. The maximum absolute atomic E-state index is 12.6. The van der Waals surface area contributed by atoms with Gasteiger partial charge >= 0.3 is 0 Å². The highest BCUT2D eigenvalue weighted by Crippen LogP contribution is 2.25. The van der Waals surface area contributed by atoms with E-state index < -0.39 is 0 Å². The highest BCUT2D eigenvalue weighted by atomic mass is 35.5. The highest BCUT2D eigenvalue weighted by molar-refractivity contribution is 6.32. The fraction of sp³-hybridized carbons (Fsp3) is 0.240. The van der Waals surface area contributed by atoms with Gasteiger partial charge in [0.25, 0.3) is 5.91 Å². The first-order valence-electron chi connectivity index (χ1n) is 10.7. The summed E-state index contributed by atoms with van der Waals surface area (Å²) in [5, 5.41) is 10.1. The van der Waals surface area contributed by atoms with E-state index >= 15 is 0 Å². The summed E-state index contributed by atoms with van der Waals surface area (Å²) < 4.78 is 16.6. The van der Waals surface area contributed by atoms with E-state index in [1.54, 1.807) is 54.5 Å². The van der Waals surface area contributed by atoms with E-state index in [1.807, 2.05) is 23.1 Å². The van der Waals surface area contributed by atoms with Crippen LogP contribution in [0.25, 0.3) is 12.2 Å². The number of carbonyl (C=O) groups excluding carboxylic acids is 1. The molecule has 0 spiro atoms. The van der Waals surface area contributed by atoms with Gasteiger partial charge in [0.15, 0.2) is 6.61 Å². The number of oxazole rings is 1. The van der Waals surface area contributed by atoms with Crippen LogP contribution in [0, 0.1) is 11.3 Å². The predicted molar refractivity (Wildman–Crippen MR) is 129 cm³/mol. The molecule has 1 aromatic heterocycles. The Balaban J connectivity index is 1.33. The Morgan fingerprint density at radius 1 is 1.12 bits per heavy atom. The standard InChI is InChI=1S/C25H23ClN4O4/c1-32-19-7-9-20(10-8-19)33-17-24(31)29-12-14-30(15-13-29)25-22(16-27)28-23(34-25)11-6-18-4-2-3-5-21(18)26/h2-11H,12-15,17H2,1H3/b11-6+. The van der Waals surface area contributed by atoms with E-state index in [2.05, 4.69) is 11.1 Å². The molecule has 0 bridgehead atoms. The Morgan fingerprint density at radius 2 is 1.82 bits per heavy atom. The summed E-state index contributed by atoms with van der Waals surface area (Å²) in [5.41, 5.74) is 1.04. The number of ether oxygens (including phenoxy) is 2. The van der Waals surface area contributed by atoms with Crippen molar-refractivity contribution >= 4 is 35.5 Å². The molecule has 0 saturated carbocycles. The van der Waals surface area contributed by atoms with Gasteiger partial charge in [0.1, 0.15) is 17.6 Å². The van der Waals surface area contributed by atoms with Crippen molar-refractivity contribution in [3.63, 3.8) is 0 Å². The summed E-state index contributed by atoms with van der Waals surface area (Å²) in [4.78, 5) is 20.5. The van der Waals surface area contributed by atoms with Crippen molar-refractivity contribution in [2.24, 2.45) is 0 Å². The number of nitrogens with zero attached hydrogens (tertiary/aromatic N) is 4. The van der Waals surface area contributed by atoms with Crippen LogP contribution in [0.4, 0.5) is 5.88 Å². The van der Waals surface area contributed by atoms with Crippen LogP contribution in [0.1, 0.15) is 17.1 Å². The molecule has 3 aromatic rings. The third-order valence-corrected chi connectivity index (χ3v) is 5.73. The molecule has 0 aliphatic carbocycles. The second-order valence-corrected chi connectivity index (χ2v) is 7.91. The Labute approximate surface area is 202 Å². The van der Waals surface area contributed by atoms with Gasteiger partial charge in [-0.05, 0) is 42.0 Å². The largest absolute Gasteiger partial charge is 0.497 e. The molecule has 1 saturated heterocycles. The molecule has 1 aliphatic heterocycles. The molecule has 2 aromatic carbocycles. The summed E-state index contributed by atoms with van der Waals surface area (Å²) in [6.45, 7) is 1.97. The van der Waals surface area contributed by atoms with Crippen LogP contribution < -0.4 is 14.4 Å². The van der Waals surface area contributed by atoms with Crippen molar-refractivity contribution in [2.45, 2.75) is 0 Å². The minimum Gasteiger partial charge on any atom is -0.497 e. The number of benzene rings is 2. The minimum atomic E-state index is -0.100. The van der Waals surface area contributed by atoms with Gasteiger partial charge in [-0.25, -0.2) is 0 Å². The Morgan fingerprint density at radius 3 is 2.50 bits per heavy atom. The van der Waals surface area contributed by atoms with Gasteiger partial charge in [-0.15, -0.1) is 0 Å². The average Bonchev–Trinajstić information content (AvgIpc) is 3.30. The lowest BCUT2D eigenvalue weighted by atomic mass is 10.2. The molecule has 4 rings (SSSR count). The first kappa shape index (κ1) is 23.2. The van der Waals surface area contributed by atoms with Crippen molar-refractivity contribution < 1.29 is 18.7 Å². The van der Waals surface area contributed by atoms with Gasteiger partial charge < -0.3 is 23.7 Å². The van der Waals surface area contributed by atoms with Crippen LogP contribution in [0.15, 0.2) is 52.9 Å². The Kier molecular flexibility index (Phi) is 7.35. The normalized spacial score (nSPS) is 13.7. The van der Waals surface area contributed by atoms with Crippen LogP contribution in [0.5, 0.6) is 11.5 Å². The number of amides is 1. The van der Waals surface area contributed by atoms with E-state index in [-0.39, 0.29) is 18.2 Å². The highest BCUT2D eigenvalue weighted by Gasteiger charge is 2.26. The molecule has 0 atom stereocenters. The lowest BCUT2D eigenvalue weighted by Gasteiger charge is -2.34. The number of halogens is 1. The minimum absolute atomic E-state index is 0.0466. The van der Waals surface area contributed by atoms with Gasteiger partial charge in [-0.1, -0.05) is 29.8 Å². The number of nitriles is 1. The summed E-state index contributed by atoms with van der Waals surface area (Å²) in [6.07, 6.45) is 3.47. The SMILES string of the molecule is COc1ccc(OCC(=O)N2CCN(c3oc(/C=C/c4ccccc4Cl)nc3C#N)CC2)cc1. The third-order valence-electron chi connectivity index (χ3n) is 5.38. The molecule has 1 fully saturated rings. The molecular weight excluding hydrogens is 456 g/mol. The van der Waals surface area contributed by atoms with Gasteiger partial charge in [-0.3, -0.25) is 4.79 Å². The van der Waals surface area contributed by atoms with E-state index in [0.717, 1.165) is 11.3 Å². The number of aromatic nitrogens is 1. The first-order chi connectivity index (χ1) is 16.6. The van der Waals surface area contributed by atoms with Crippen molar-refractivity contribution in [1.82, 2.24) is 9.88 Å². The monoisotopic (exact) mass is 478 g/mol. The van der Waals surface area contributed by atoms with Crippen LogP contribution >= 0.6 is 11.6 Å². The van der Waals surface area contributed by atoms with Crippen molar-refractivity contribution in [1.29, 1.82) is 5.26 Å². The molecule has 8 nitrogen and oxygen atoms in total. The zero-order valence-corrected chi connectivity index (χ0v) is 19.4. The molecule has 1 amide bonds. The van der Waals surface area contributed by atoms with Crippen molar-refractivity contribution in [3.8, 4) is 17.6 Å². The molecule has 1 aliphatic rings. The maximum atomic E-state index is 12.6. The zero-order valence-electron chi connectivity index (χ0n) is 18.6. The zero-order chi connectivity index (χ0) is 23.9. The van der Waals surface area contributed by atoms with E-state index in [4.69, 9.17) is 25.5 Å². The molecule has 34 heavy (non-hydrogen) atoms. The number of hydrogen-bond donors (Lipinski definition) is 0. The molecule has 0 unspecified atom stereocenters. The second-order valence-electron chi connectivity index (χ2n) is 7.50. The first-order valence-corrected chi connectivity index (χ1v) is 11.1. The quantitative estimate of drug-likeness (QED) is 0.504. The summed E-state index contributed by atoms with van der Waals surface area (Å²) in [6, 6.07) is 16.6. The van der Waals surface area contributed by atoms with E-state index in [9.17, 15) is 10.1 Å². The Hall–Kier alpha value is -3.96. The lowest BCUT2D eigenvalue weighted by Crippen LogP contribution is -2.50. The van der Waals surface area contributed by atoms with Crippen LogP contribution in [0.3, 0.4) is 0 Å². The molecular formula is C25H23ClN4O4. The maximum Gasteiger partial charge on any atom is 0.260 e. The van der Waals surface area contributed by atoms with Gasteiger partial charge in [0.05, 0.1) is 7.11 Å². The fourth-order valence-corrected chi connectivity index (χ4v) is 3.72. The predicted octanol–water partition coefficient (Wildman–Crippen LogP) is 4.11. The Bertz CT molecular complexity index is 1210. The average molecular weight is 479 g/mol. The number of piperazine rings is 1. The van der Waals surface area contributed by atoms with Crippen molar-refractivity contribution in [3.05, 3.63) is 70.7 Å². The topological polar surface area (TPSA) is 91.8 Å². The van der Waals surface area contributed by atoms with E-state index in [1.165, 1.54) is 0 Å². The number of methoxy groups -OCH3 is 1. The lowest BCUT2D eigenvalue weighted by molar-refractivity contribution is -0.133. The van der Waals surface area contributed by atoms with Crippen LogP contribution in [-0.2, 0) is 4.79 Å². The van der Waals surface area contributed by atoms with Crippen molar-refractivity contribution in [2.75, 3.05) is 44.8 Å². The molecule has 0 N–H and O–H groups in total. The van der Waals surface area contributed by atoms with Gasteiger partial charge in [0.2, 0.25) is 17.5 Å². The number of hydrogen-bond acceptors (Lipinski definition) is 7. The van der Waals surface area contributed by atoms with E-state index in [0.29, 0.717) is 48.7 Å². The number of carbonyl (C=O) groups is 1. The molecule has 9 heteroatoms. The summed E-state index contributed by atoms with van der Waals surface area (Å²) in [5.74, 6) is 1.95. The van der Waals surface area contributed by atoms with Gasteiger partial charge in [-0.2, -0.15) is 10.2 Å². The molecule has 2 heterocycles. The molecule has 174 valence electrons. The van der Waals surface area contributed by atoms with Crippen LogP contribution in [0.2, 0.25) is 5.02 Å². The smallest absolute Gasteiger partial charge is 0.260 e. The van der Waals surface area contributed by atoms with Crippen LogP contribution in [-0.4, -0.2) is 55.7 Å². The fourth-order valence-electron chi connectivity index (χ4n) is 3.53. The number of rotatable bonds is 7. The molecule has 0 radical (unpaired) electrons. The number of anilines is 1. The van der Waals surface area contributed by atoms with Gasteiger partial charge in [0, 0.05) is 37.3 Å². The third kappa shape index (κ3) is 5.50. The summed E-state index contributed by atoms with van der Waals surface area (Å²) in [7, 11) is 1.59.